The molecule has 16 heavy (non-hydrogen) atoms. The van der Waals surface area contributed by atoms with Gasteiger partial charge in [-0.2, -0.15) is 0 Å². The van der Waals surface area contributed by atoms with Crippen LogP contribution in [0.4, 0.5) is 0 Å². The Bertz CT molecular complexity index is 631. The van der Waals surface area contributed by atoms with Gasteiger partial charge < -0.3 is 5.11 Å². The fourth-order valence-electron chi connectivity index (χ4n) is 2.20. The van der Waals surface area contributed by atoms with Gasteiger partial charge in [0.15, 0.2) is 0 Å². The van der Waals surface area contributed by atoms with E-state index >= 15 is 0 Å². The first-order valence-corrected chi connectivity index (χ1v) is 5.36. The average Bonchev–Trinajstić information content (AvgIpc) is 2.61. The van der Waals surface area contributed by atoms with E-state index in [0.29, 0.717) is 29.7 Å². The zero-order valence-corrected chi connectivity index (χ0v) is 8.97. The smallest absolute Gasteiger partial charge is 0.261 e. The molecule has 1 aliphatic rings. The van der Waals surface area contributed by atoms with Gasteiger partial charge in [-0.05, 0) is 31.0 Å². The van der Waals surface area contributed by atoms with E-state index in [1.54, 1.807) is 10.6 Å². The van der Waals surface area contributed by atoms with Gasteiger partial charge in [0.1, 0.15) is 11.9 Å². The summed E-state index contributed by atoms with van der Waals surface area (Å²) in [7, 11) is 0. The van der Waals surface area contributed by atoms with Crippen LogP contribution in [0.1, 0.15) is 23.9 Å². The first kappa shape index (κ1) is 9.54. The Kier molecular flexibility index (Phi) is 1.88. The molecule has 0 bridgehead atoms. The standard InChI is InChI=1S/C12H12N2O2/c1-7-2-3-8-9(6-7)13-11-10(15)4-5-14(11)12(8)16/h2-3,6,10,15H,4-5H2,1H3. The molecule has 2 aromatic rings. The lowest BCUT2D eigenvalue weighted by Crippen LogP contribution is -2.21. The van der Waals surface area contributed by atoms with Gasteiger partial charge in [0, 0.05) is 6.54 Å². The number of rotatable bonds is 0. The van der Waals surface area contributed by atoms with Gasteiger partial charge >= 0.3 is 0 Å². The minimum atomic E-state index is -0.599. The molecule has 4 nitrogen and oxygen atoms in total. The third-order valence-corrected chi connectivity index (χ3v) is 3.06. The maximum absolute atomic E-state index is 12.1. The number of hydrogen-bond acceptors (Lipinski definition) is 3. The number of nitrogens with zero attached hydrogens (tertiary/aromatic N) is 2. The lowest BCUT2D eigenvalue weighted by molar-refractivity contribution is 0.176. The highest BCUT2D eigenvalue weighted by Crippen LogP contribution is 2.23. The lowest BCUT2D eigenvalue weighted by atomic mass is 10.2. The minimum absolute atomic E-state index is 0.0449. The Balaban J connectivity index is 2.44. The SMILES string of the molecule is Cc1ccc2c(=O)n3c(nc2c1)C(O)CC3. The van der Waals surface area contributed by atoms with Crippen LogP contribution < -0.4 is 5.56 Å². The first-order chi connectivity index (χ1) is 7.66. The number of aromatic nitrogens is 2. The van der Waals surface area contributed by atoms with Crippen molar-refractivity contribution in [2.24, 2.45) is 0 Å². The van der Waals surface area contributed by atoms with Crippen LogP contribution in [0.2, 0.25) is 0 Å². The van der Waals surface area contributed by atoms with Crippen LogP contribution in [0, 0.1) is 6.92 Å². The summed E-state index contributed by atoms with van der Waals surface area (Å²) in [6.07, 6.45) is -0.0185. The van der Waals surface area contributed by atoms with E-state index in [-0.39, 0.29) is 5.56 Å². The molecule has 3 rings (SSSR count). The number of aliphatic hydroxyl groups is 1. The molecule has 0 aliphatic carbocycles. The van der Waals surface area contributed by atoms with Gasteiger partial charge in [0.25, 0.3) is 5.56 Å². The average molecular weight is 216 g/mol. The Morgan fingerprint density at radius 1 is 1.50 bits per heavy atom. The van der Waals surface area contributed by atoms with E-state index < -0.39 is 6.10 Å². The van der Waals surface area contributed by atoms with Crippen LogP contribution in [0.3, 0.4) is 0 Å². The topological polar surface area (TPSA) is 55.1 Å². The number of aryl methyl sites for hydroxylation is 1. The summed E-state index contributed by atoms with van der Waals surface area (Å²) in [5, 5.41) is 10.3. The van der Waals surface area contributed by atoms with E-state index in [1.807, 2.05) is 19.1 Å². The maximum atomic E-state index is 12.1. The normalized spacial score (nSPS) is 19.0. The molecular weight excluding hydrogens is 204 g/mol. The number of hydrogen-bond donors (Lipinski definition) is 1. The van der Waals surface area contributed by atoms with E-state index in [0.717, 1.165) is 5.56 Å². The Morgan fingerprint density at radius 3 is 3.12 bits per heavy atom. The first-order valence-electron chi connectivity index (χ1n) is 5.36. The molecule has 82 valence electrons. The van der Waals surface area contributed by atoms with Gasteiger partial charge in [-0.25, -0.2) is 4.98 Å². The van der Waals surface area contributed by atoms with E-state index in [1.165, 1.54) is 0 Å². The number of fused-ring (bicyclic) bond motifs is 2. The molecule has 1 aromatic heterocycles. The van der Waals surface area contributed by atoms with E-state index in [9.17, 15) is 9.90 Å². The number of aliphatic hydroxyl groups excluding tert-OH is 1. The fourth-order valence-corrected chi connectivity index (χ4v) is 2.20. The summed E-state index contributed by atoms with van der Waals surface area (Å²) >= 11 is 0. The third-order valence-electron chi connectivity index (χ3n) is 3.06. The summed E-state index contributed by atoms with van der Waals surface area (Å²) in [4.78, 5) is 16.5. The molecular formula is C12H12N2O2. The van der Waals surface area contributed by atoms with E-state index in [2.05, 4.69) is 4.98 Å². The van der Waals surface area contributed by atoms with Crippen molar-refractivity contribution in [1.29, 1.82) is 0 Å². The molecule has 1 aliphatic heterocycles. The molecule has 0 radical (unpaired) electrons. The fraction of sp³-hybridized carbons (Fsp3) is 0.333. The second-order valence-electron chi connectivity index (χ2n) is 4.25. The summed E-state index contributed by atoms with van der Waals surface area (Å²) in [6.45, 7) is 2.52. The zero-order valence-electron chi connectivity index (χ0n) is 8.97. The molecule has 0 saturated heterocycles. The molecule has 0 spiro atoms. The quantitative estimate of drug-likeness (QED) is 0.718. The lowest BCUT2D eigenvalue weighted by Gasteiger charge is -2.06. The predicted molar refractivity (Wildman–Crippen MR) is 60.3 cm³/mol. The van der Waals surface area contributed by atoms with Crippen molar-refractivity contribution in [3.8, 4) is 0 Å². The molecule has 0 amide bonds. The minimum Gasteiger partial charge on any atom is -0.385 e. The van der Waals surface area contributed by atoms with Gasteiger partial charge in [0.2, 0.25) is 0 Å². The van der Waals surface area contributed by atoms with Gasteiger partial charge in [-0.15, -0.1) is 0 Å². The summed E-state index contributed by atoms with van der Waals surface area (Å²) in [5.74, 6) is 0.503. The van der Waals surface area contributed by atoms with Crippen LogP contribution in [0.15, 0.2) is 23.0 Å². The molecule has 0 fully saturated rings. The molecule has 2 heterocycles. The maximum Gasteiger partial charge on any atom is 0.261 e. The van der Waals surface area contributed by atoms with Crippen LogP contribution in [0.25, 0.3) is 10.9 Å². The van der Waals surface area contributed by atoms with Gasteiger partial charge in [-0.1, -0.05) is 6.07 Å². The highest BCUT2D eigenvalue weighted by atomic mass is 16.3. The van der Waals surface area contributed by atoms with Gasteiger partial charge in [-0.3, -0.25) is 9.36 Å². The van der Waals surface area contributed by atoms with Crippen LogP contribution >= 0.6 is 0 Å². The molecule has 1 atom stereocenters. The Hall–Kier alpha value is -1.68. The van der Waals surface area contributed by atoms with Crippen LogP contribution in [0.5, 0.6) is 0 Å². The third kappa shape index (κ3) is 1.20. The predicted octanol–water partition coefficient (Wildman–Crippen LogP) is 1.14. The summed E-state index contributed by atoms with van der Waals surface area (Å²) in [5.41, 5.74) is 1.70. The largest absolute Gasteiger partial charge is 0.385 e. The van der Waals surface area contributed by atoms with Gasteiger partial charge in [0.05, 0.1) is 10.9 Å². The monoisotopic (exact) mass is 216 g/mol. The van der Waals surface area contributed by atoms with E-state index in [4.69, 9.17) is 0 Å². The second kappa shape index (κ2) is 3.15. The van der Waals surface area contributed by atoms with Crippen molar-refractivity contribution >= 4 is 10.9 Å². The van der Waals surface area contributed by atoms with Crippen molar-refractivity contribution in [2.45, 2.75) is 26.0 Å². The molecule has 1 aromatic carbocycles. The van der Waals surface area contributed by atoms with Crippen molar-refractivity contribution < 1.29 is 5.11 Å². The van der Waals surface area contributed by atoms with Crippen molar-refractivity contribution in [3.05, 3.63) is 39.9 Å². The highest BCUT2D eigenvalue weighted by molar-refractivity contribution is 5.78. The molecule has 1 N–H and O–H groups in total. The number of benzene rings is 1. The van der Waals surface area contributed by atoms with Crippen molar-refractivity contribution in [1.82, 2.24) is 9.55 Å². The van der Waals surface area contributed by atoms with Crippen molar-refractivity contribution in [2.75, 3.05) is 0 Å². The van der Waals surface area contributed by atoms with Crippen molar-refractivity contribution in [3.63, 3.8) is 0 Å². The Morgan fingerprint density at radius 2 is 2.31 bits per heavy atom. The second-order valence-corrected chi connectivity index (χ2v) is 4.25. The zero-order chi connectivity index (χ0) is 11.3. The Labute approximate surface area is 92.2 Å². The highest BCUT2D eigenvalue weighted by Gasteiger charge is 2.23. The summed E-state index contributed by atoms with van der Waals surface area (Å²) in [6, 6.07) is 5.59. The summed E-state index contributed by atoms with van der Waals surface area (Å²) < 4.78 is 1.57. The molecule has 4 heteroatoms. The van der Waals surface area contributed by atoms with Crippen LogP contribution in [-0.4, -0.2) is 14.7 Å². The molecule has 0 saturated carbocycles. The molecule has 1 unspecified atom stereocenters. The van der Waals surface area contributed by atoms with Crippen LogP contribution in [-0.2, 0) is 6.54 Å².